The maximum atomic E-state index is 11.8. The van der Waals surface area contributed by atoms with Gasteiger partial charge in [-0.25, -0.2) is 4.68 Å². The second kappa shape index (κ2) is 4.24. The molecular formula is C13H12N4O2. The first kappa shape index (κ1) is 11.5. The van der Waals surface area contributed by atoms with Crippen molar-refractivity contribution in [3.05, 3.63) is 53.3 Å². The van der Waals surface area contributed by atoms with Crippen LogP contribution >= 0.6 is 0 Å². The molecule has 96 valence electrons. The largest absolute Gasteiger partial charge is 0.364 e. The van der Waals surface area contributed by atoms with Crippen LogP contribution in [0.1, 0.15) is 32.6 Å². The summed E-state index contributed by atoms with van der Waals surface area (Å²) in [5.74, 6) is -0.881. The minimum atomic E-state index is -0.637. The number of nitrogens with one attached hydrogen (secondary N) is 1. The molecule has 1 aliphatic heterocycles. The minimum absolute atomic E-state index is 0.105. The molecule has 2 heterocycles. The molecule has 0 aliphatic carbocycles. The lowest BCUT2D eigenvalue weighted by molar-refractivity contribution is 0.0914. The number of carbonyl (C=O) groups is 2. The molecule has 0 spiro atoms. The average Bonchev–Trinajstić information content (AvgIpc) is 2.86. The van der Waals surface area contributed by atoms with Crippen LogP contribution in [0.5, 0.6) is 0 Å². The van der Waals surface area contributed by atoms with Crippen LogP contribution in [0.3, 0.4) is 0 Å². The molecule has 2 aromatic rings. The van der Waals surface area contributed by atoms with E-state index in [1.165, 1.54) is 6.07 Å². The van der Waals surface area contributed by atoms with E-state index in [2.05, 4.69) is 10.4 Å². The van der Waals surface area contributed by atoms with Gasteiger partial charge in [-0.15, -0.1) is 0 Å². The first-order valence-electron chi connectivity index (χ1n) is 5.89. The molecule has 6 heteroatoms. The number of carbonyl (C=O) groups excluding carboxylic acids is 2. The fraction of sp³-hybridized carbons (Fsp3) is 0.154. The Labute approximate surface area is 109 Å². The number of aromatic nitrogens is 2. The minimum Gasteiger partial charge on any atom is -0.364 e. The molecule has 1 unspecified atom stereocenters. The van der Waals surface area contributed by atoms with Gasteiger partial charge in [-0.05, 0) is 5.56 Å². The van der Waals surface area contributed by atoms with E-state index in [1.807, 2.05) is 30.3 Å². The number of rotatable bonds is 2. The number of amides is 2. The Hall–Kier alpha value is -2.63. The maximum Gasteiger partial charge on any atom is 0.269 e. The number of hydrogen-bond acceptors (Lipinski definition) is 3. The third-order valence-electron chi connectivity index (χ3n) is 3.16. The predicted octanol–water partition coefficient (Wildman–Crippen LogP) is 0.315. The van der Waals surface area contributed by atoms with Gasteiger partial charge in [0.05, 0.1) is 6.04 Å². The number of benzene rings is 1. The molecule has 1 aromatic carbocycles. The summed E-state index contributed by atoms with van der Waals surface area (Å²) in [7, 11) is 0. The molecule has 19 heavy (non-hydrogen) atoms. The van der Waals surface area contributed by atoms with Crippen molar-refractivity contribution in [2.75, 3.05) is 6.54 Å². The topological polar surface area (TPSA) is 90.0 Å². The summed E-state index contributed by atoms with van der Waals surface area (Å²) in [6.07, 6.45) is 0. The molecule has 0 saturated heterocycles. The molecule has 6 nitrogen and oxygen atoms in total. The van der Waals surface area contributed by atoms with E-state index in [9.17, 15) is 9.59 Å². The lowest BCUT2D eigenvalue weighted by atomic mass is 10.1. The van der Waals surface area contributed by atoms with Gasteiger partial charge in [-0.2, -0.15) is 5.10 Å². The lowest BCUT2D eigenvalue weighted by Gasteiger charge is -2.25. The van der Waals surface area contributed by atoms with E-state index in [-0.39, 0.29) is 17.6 Å². The van der Waals surface area contributed by atoms with E-state index in [1.54, 1.807) is 4.68 Å². The Kier molecular flexibility index (Phi) is 2.56. The zero-order valence-corrected chi connectivity index (χ0v) is 10.0. The van der Waals surface area contributed by atoms with Gasteiger partial charge in [0.2, 0.25) is 0 Å². The molecule has 3 rings (SSSR count). The van der Waals surface area contributed by atoms with Crippen molar-refractivity contribution in [3.63, 3.8) is 0 Å². The van der Waals surface area contributed by atoms with Crippen molar-refractivity contribution in [1.29, 1.82) is 0 Å². The lowest BCUT2D eigenvalue weighted by Crippen LogP contribution is -2.39. The van der Waals surface area contributed by atoms with Crippen LogP contribution in [-0.2, 0) is 0 Å². The van der Waals surface area contributed by atoms with E-state index >= 15 is 0 Å². The number of primary amides is 1. The summed E-state index contributed by atoms with van der Waals surface area (Å²) < 4.78 is 1.56. The van der Waals surface area contributed by atoms with Crippen molar-refractivity contribution in [2.24, 2.45) is 5.73 Å². The first-order valence-corrected chi connectivity index (χ1v) is 5.89. The van der Waals surface area contributed by atoms with E-state index in [0.717, 1.165) is 5.56 Å². The highest BCUT2D eigenvalue weighted by molar-refractivity contribution is 5.97. The predicted molar refractivity (Wildman–Crippen MR) is 67.7 cm³/mol. The second-order valence-electron chi connectivity index (χ2n) is 4.36. The van der Waals surface area contributed by atoms with E-state index in [0.29, 0.717) is 12.2 Å². The number of fused-ring (bicyclic) bond motifs is 1. The standard InChI is InChI=1S/C13H12N4O2/c14-12(18)9-6-10-13(19)15-7-11(17(10)16-9)8-4-2-1-3-5-8/h1-6,11H,7H2,(H2,14,18)(H,15,19). The normalized spacial score (nSPS) is 17.7. The zero-order valence-electron chi connectivity index (χ0n) is 10.0. The SMILES string of the molecule is NC(=O)c1cc2n(n1)C(c1ccccc1)CNC2=O. The van der Waals surface area contributed by atoms with Crippen LogP contribution < -0.4 is 11.1 Å². The van der Waals surface area contributed by atoms with Crippen LogP contribution in [0.2, 0.25) is 0 Å². The third kappa shape index (κ3) is 1.87. The summed E-state index contributed by atoms with van der Waals surface area (Å²) in [4.78, 5) is 23.0. The van der Waals surface area contributed by atoms with Gasteiger partial charge < -0.3 is 11.1 Å². The Bertz CT molecular complexity index is 648. The molecule has 0 bridgehead atoms. The van der Waals surface area contributed by atoms with Gasteiger partial charge in [0.25, 0.3) is 11.8 Å². The van der Waals surface area contributed by atoms with E-state index in [4.69, 9.17) is 5.73 Å². The smallest absolute Gasteiger partial charge is 0.269 e. The fourth-order valence-electron chi connectivity index (χ4n) is 2.22. The number of nitrogens with two attached hydrogens (primary N) is 1. The van der Waals surface area contributed by atoms with Gasteiger partial charge in [0.15, 0.2) is 5.69 Å². The van der Waals surface area contributed by atoms with Crippen molar-refractivity contribution in [3.8, 4) is 0 Å². The van der Waals surface area contributed by atoms with Gasteiger partial charge in [-0.3, -0.25) is 9.59 Å². The van der Waals surface area contributed by atoms with Crippen LogP contribution in [0, 0.1) is 0 Å². The van der Waals surface area contributed by atoms with Gasteiger partial charge in [0.1, 0.15) is 5.69 Å². The highest BCUT2D eigenvalue weighted by Crippen LogP contribution is 2.23. The molecule has 1 atom stereocenters. The molecule has 0 saturated carbocycles. The summed E-state index contributed by atoms with van der Waals surface area (Å²) in [6.45, 7) is 0.440. The molecule has 2 amide bonds. The van der Waals surface area contributed by atoms with Crippen molar-refractivity contribution in [1.82, 2.24) is 15.1 Å². The monoisotopic (exact) mass is 256 g/mol. The Morgan fingerprint density at radius 2 is 2.11 bits per heavy atom. The first-order chi connectivity index (χ1) is 9.16. The molecule has 1 aromatic heterocycles. The molecule has 3 N–H and O–H groups in total. The summed E-state index contributed by atoms with van der Waals surface area (Å²) in [5.41, 5.74) is 6.69. The fourth-order valence-corrected chi connectivity index (χ4v) is 2.22. The Balaban J connectivity index is 2.10. The summed E-state index contributed by atoms with van der Waals surface area (Å²) >= 11 is 0. The summed E-state index contributed by atoms with van der Waals surface area (Å²) in [5, 5.41) is 6.93. The number of hydrogen-bond donors (Lipinski definition) is 2. The molecule has 1 aliphatic rings. The van der Waals surface area contributed by atoms with Crippen LogP contribution in [-0.4, -0.2) is 28.1 Å². The number of nitrogens with zero attached hydrogens (tertiary/aromatic N) is 2. The highest BCUT2D eigenvalue weighted by Gasteiger charge is 2.28. The quantitative estimate of drug-likeness (QED) is 0.810. The Morgan fingerprint density at radius 3 is 2.79 bits per heavy atom. The zero-order chi connectivity index (χ0) is 13.4. The van der Waals surface area contributed by atoms with Crippen LogP contribution in [0.15, 0.2) is 36.4 Å². The summed E-state index contributed by atoms with van der Waals surface area (Å²) in [6, 6.07) is 11.0. The van der Waals surface area contributed by atoms with Crippen molar-refractivity contribution >= 4 is 11.8 Å². The van der Waals surface area contributed by atoms with Gasteiger partial charge in [-0.1, -0.05) is 30.3 Å². The second-order valence-corrected chi connectivity index (χ2v) is 4.36. The Morgan fingerprint density at radius 1 is 1.37 bits per heavy atom. The molecule has 0 fully saturated rings. The molecular weight excluding hydrogens is 244 g/mol. The van der Waals surface area contributed by atoms with Gasteiger partial charge >= 0.3 is 0 Å². The molecule has 0 radical (unpaired) electrons. The highest BCUT2D eigenvalue weighted by atomic mass is 16.2. The van der Waals surface area contributed by atoms with E-state index < -0.39 is 5.91 Å². The van der Waals surface area contributed by atoms with Gasteiger partial charge in [0, 0.05) is 12.6 Å². The van der Waals surface area contributed by atoms with Crippen molar-refractivity contribution < 1.29 is 9.59 Å². The van der Waals surface area contributed by atoms with Crippen molar-refractivity contribution in [2.45, 2.75) is 6.04 Å². The maximum absolute atomic E-state index is 11.8. The average molecular weight is 256 g/mol. The van der Waals surface area contributed by atoms with Crippen LogP contribution in [0.25, 0.3) is 0 Å². The third-order valence-corrected chi connectivity index (χ3v) is 3.16. The van der Waals surface area contributed by atoms with Crippen LogP contribution in [0.4, 0.5) is 0 Å².